The normalized spacial score (nSPS) is 25.0. The van der Waals surface area contributed by atoms with E-state index in [0.717, 1.165) is 26.1 Å². The van der Waals surface area contributed by atoms with Gasteiger partial charge in [0.1, 0.15) is 0 Å². The van der Waals surface area contributed by atoms with Crippen LogP contribution in [0.5, 0.6) is 0 Å². The standard InChI is InChI=1S/C8H13ClO/c1-2-10-6-7-3-4-8(9)5-7/h5,8H,2-4,6H2,1H3. The lowest BCUT2D eigenvalue weighted by molar-refractivity contribution is 0.169. The number of hydrogen-bond donors (Lipinski definition) is 0. The maximum Gasteiger partial charge on any atom is 0.0677 e. The van der Waals surface area contributed by atoms with E-state index >= 15 is 0 Å². The van der Waals surface area contributed by atoms with Crippen molar-refractivity contribution in [2.75, 3.05) is 13.2 Å². The second-order valence-corrected chi connectivity index (χ2v) is 3.08. The molecule has 0 fully saturated rings. The van der Waals surface area contributed by atoms with Crippen LogP contribution in [-0.2, 0) is 4.74 Å². The largest absolute Gasteiger partial charge is 0.377 e. The molecule has 0 amide bonds. The summed E-state index contributed by atoms with van der Waals surface area (Å²) in [4.78, 5) is 0. The number of allylic oxidation sites excluding steroid dienone is 1. The van der Waals surface area contributed by atoms with Gasteiger partial charge in [0.25, 0.3) is 0 Å². The third kappa shape index (κ3) is 2.31. The van der Waals surface area contributed by atoms with Gasteiger partial charge in [-0.3, -0.25) is 0 Å². The van der Waals surface area contributed by atoms with Crippen molar-refractivity contribution in [3.63, 3.8) is 0 Å². The highest BCUT2D eigenvalue weighted by Crippen LogP contribution is 2.22. The monoisotopic (exact) mass is 160 g/mol. The van der Waals surface area contributed by atoms with Crippen molar-refractivity contribution < 1.29 is 4.74 Å². The fourth-order valence-corrected chi connectivity index (χ4v) is 1.39. The Morgan fingerprint density at radius 3 is 3.10 bits per heavy atom. The molecule has 1 atom stereocenters. The fraction of sp³-hybridized carbons (Fsp3) is 0.750. The molecule has 0 saturated carbocycles. The molecular weight excluding hydrogens is 148 g/mol. The molecule has 10 heavy (non-hydrogen) atoms. The lowest BCUT2D eigenvalue weighted by Crippen LogP contribution is -1.94. The van der Waals surface area contributed by atoms with Gasteiger partial charge in [-0.2, -0.15) is 0 Å². The van der Waals surface area contributed by atoms with Crippen LogP contribution in [0.2, 0.25) is 0 Å². The van der Waals surface area contributed by atoms with Gasteiger partial charge in [-0.05, 0) is 25.3 Å². The van der Waals surface area contributed by atoms with Crippen LogP contribution in [0.1, 0.15) is 19.8 Å². The van der Waals surface area contributed by atoms with Crippen LogP contribution in [0.4, 0.5) is 0 Å². The summed E-state index contributed by atoms with van der Waals surface area (Å²) in [5.74, 6) is 0. The van der Waals surface area contributed by atoms with Crippen LogP contribution in [-0.4, -0.2) is 18.6 Å². The van der Waals surface area contributed by atoms with Gasteiger partial charge in [-0.25, -0.2) is 0 Å². The van der Waals surface area contributed by atoms with E-state index in [1.807, 2.05) is 6.92 Å². The molecule has 1 rings (SSSR count). The summed E-state index contributed by atoms with van der Waals surface area (Å²) in [5.41, 5.74) is 1.36. The van der Waals surface area contributed by atoms with E-state index in [-0.39, 0.29) is 5.38 Å². The summed E-state index contributed by atoms with van der Waals surface area (Å²) in [6.07, 6.45) is 4.31. The van der Waals surface area contributed by atoms with Gasteiger partial charge in [-0.1, -0.05) is 6.08 Å². The summed E-state index contributed by atoms with van der Waals surface area (Å²) in [5, 5.41) is 0.260. The van der Waals surface area contributed by atoms with Crippen LogP contribution in [0.15, 0.2) is 11.6 Å². The van der Waals surface area contributed by atoms with Crippen LogP contribution in [0.3, 0.4) is 0 Å². The number of halogens is 1. The first-order valence-corrected chi connectivity index (χ1v) is 4.18. The topological polar surface area (TPSA) is 9.23 Å². The highest BCUT2D eigenvalue weighted by molar-refractivity contribution is 6.22. The molecular formula is C8H13ClO. The molecule has 0 aromatic carbocycles. The van der Waals surface area contributed by atoms with Gasteiger partial charge in [0, 0.05) is 6.61 Å². The maximum atomic E-state index is 5.85. The molecule has 0 aromatic heterocycles. The summed E-state index contributed by atoms with van der Waals surface area (Å²) in [6, 6.07) is 0. The van der Waals surface area contributed by atoms with E-state index in [2.05, 4.69) is 6.08 Å². The third-order valence-electron chi connectivity index (χ3n) is 1.65. The minimum Gasteiger partial charge on any atom is -0.377 e. The number of hydrogen-bond acceptors (Lipinski definition) is 1. The Balaban J connectivity index is 2.22. The third-order valence-corrected chi connectivity index (χ3v) is 1.99. The average Bonchev–Trinajstić information content (AvgIpc) is 2.31. The molecule has 0 aliphatic heterocycles. The van der Waals surface area contributed by atoms with Crippen molar-refractivity contribution in [3.8, 4) is 0 Å². The molecule has 0 bridgehead atoms. The molecule has 1 aliphatic rings. The zero-order chi connectivity index (χ0) is 7.40. The van der Waals surface area contributed by atoms with Crippen LogP contribution >= 0.6 is 11.6 Å². The van der Waals surface area contributed by atoms with Gasteiger partial charge >= 0.3 is 0 Å². The molecule has 0 saturated heterocycles. The molecule has 0 N–H and O–H groups in total. The van der Waals surface area contributed by atoms with Gasteiger partial charge in [0.2, 0.25) is 0 Å². The zero-order valence-electron chi connectivity index (χ0n) is 6.27. The number of rotatable bonds is 3. The smallest absolute Gasteiger partial charge is 0.0677 e. The van der Waals surface area contributed by atoms with Crippen LogP contribution < -0.4 is 0 Å². The highest BCUT2D eigenvalue weighted by atomic mass is 35.5. The van der Waals surface area contributed by atoms with Crippen molar-refractivity contribution in [1.29, 1.82) is 0 Å². The molecule has 1 unspecified atom stereocenters. The Morgan fingerprint density at radius 1 is 1.80 bits per heavy atom. The van der Waals surface area contributed by atoms with Gasteiger partial charge in [0.15, 0.2) is 0 Å². The predicted octanol–water partition coefficient (Wildman–Crippen LogP) is 2.35. The van der Waals surface area contributed by atoms with E-state index in [0.29, 0.717) is 0 Å². The molecule has 0 heterocycles. The number of ether oxygens (including phenoxy) is 1. The van der Waals surface area contributed by atoms with Crippen molar-refractivity contribution in [2.45, 2.75) is 25.1 Å². The first kappa shape index (κ1) is 8.09. The van der Waals surface area contributed by atoms with Crippen molar-refractivity contribution in [2.24, 2.45) is 0 Å². The molecule has 0 spiro atoms. The van der Waals surface area contributed by atoms with Crippen molar-refractivity contribution in [3.05, 3.63) is 11.6 Å². The van der Waals surface area contributed by atoms with E-state index in [1.165, 1.54) is 5.57 Å². The van der Waals surface area contributed by atoms with Crippen molar-refractivity contribution >= 4 is 11.6 Å². The van der Waals surface area contributed by atoms with E-state index in [4.69, 9.17) is 16.3 Å². The van der Waals surface area contributed by atoms with E-state index in [1.54, 1.807) is 0 Å². The summed E-state index contributed by atoms with van der Waals surface area (Å²) in [7, 11) is 0. The SMILES string of the molecule is CCOCC1=CC(Cl)CC1. The maximum absolute atomic E-state index is 5.85. The molecule has 0 radical (unpaired) electrons. The van der Waals surface area contributed by atoms with Crippen LogP contribution in [0.25, 0.3) is 0 Å². The number of alkyl halides is 1. The summed E-state index contributed by atoms with van der Waals surface area (Å²) < 4.78 is 5.24. The van der Waals surface area contributed by atoms with E-state index in [9.17, 15) is 0 Å². The minimum absolute atomic E-state index is 0.260. The first-order valence-electron chi connectivity index (χ1n) is 3.74. The predicted molar refractivity (Wildman–Crippen MR) is 43.5 cm³/mol. The lowest BCUT2D eigenvalue weighted by atomic mass is 10.2. The lowest BCUT2D eigenvalue weighted by Gasteiger charge is -1.99. The Hall–Kier alpha value is -0.0100. The Bertz CT molecular complexity index is 131. The molecule has 1 aliphatic carbocycles. The molecule has 0 aromatic rings. The summed E-state index contributed by atoms with van der Waals surface area (Å²) >= 11 is 5.85. The minimum atomic E-state index is 0.260. The summed E-state index contributed by atoms with van der Waals surface area (Å²) in [6.45, 7) is 3.58. The van der Waals surface area contributed by atoms with Gasteiger partial charge in [-0.15, -0.1) is 11.6 Å². The second kappa shape index (κ2) is 3.99. The second-order valence-electron chi connectivity index (χ2n) is 2.52. The zero-order valence-corrected chi connectivity index (χ0v) is 7.03. The van der Waals surface area contributed by atoms with Gasteiger partial charge in [0.05, 0.1) is 12.0 Å². The van der Waals surface area contributed by atoms with Crippen molar-refractivity contribution in [1.82, 2.24) is 0 Å². The molecule has 1 nitrogen and oxygen atoms in total. The first-order chi connectivity index (χ1) is 4.83. The Labute approximate surface area is 67.0 Å². The Kier molecular flexibility index (Phi) is 3.23. The molecule has 58 valence electrons. The highest BCUT2D eigenvalue weighted by Gasteiger charge is 2.11. The average molecular weight is 161 g/mol. The molecule has 2 heteroatoms. The quantitative estimate of drug-likeness (QED) is 0.455. The van der Waals surface area contributed by atoms with E-state index < -0.39 is 0 Å². The van der Waals surface area contributed by atoms with Crippen LogP contribution in [0, 0.1) is 0 Å². The Morgan fingerprint density at radius 2 is 2.60 bits per heavy atom. The fourth-order valence-electron chi connectivity index (χ4n) is 1.10. The van der Waals surface area contributed by atoms with Gasteiger partial charge < -0.3 is 4.74 Å².